The lowest BCUT2D eigenvalue weighted by Crippen LogP contribution is -2.34. The maximum atomic E-state index is 13.5. The van der Waals surface area contributed by atoms with Crippen LogP contribution in [0.3, 0.4) is 0 Å². The van der Waals surface area contributed by atoms with Crippen molar-refractivity contribution in [2.45, 2.75) is 19.9 Å². The third-order valence-corrected chi connectivity index (χ3v) is 3.91. The minimum Gasteiger partial charge on any atom is -0.363 e. The highest BCUT2D eigenvalue weighted by Crippen LogP contribution is 2.29. The molecule has 0 aliphatic rings. The van der Waals surface area contributed by atoms with Crippen molar-refractivity contribution >= 4 is 17.3 Å². The summed E-state index contributed by atoms with van der Waals surface area (Å²) in [5.41, 5.74) is 9.04. The van der Waals surface area contributed by atoms with Gasteiger partial charge in [0.2, 0.25) is 0 Å². The second-order valence-electron chi connectivity index (χ2n) is 5.02. The van der Waals surface area contributed by atoms with Crippen LogP contribution in [0.5, 0.6) is 0 Å². The zero-order valence-corrected chi connectivity index (χ0v) is 13.1. The summed E-state index contributed by atoms with van der Waals surface area (Å²) in [7, 11) is 0. The van der Waals surface area contributed by atoms with Gasteiger partial charge in [-0.1, -0.05) is 23.7 Å². The van der Waals surface area contributed by atoms with Crippen molar-refractivity contribution in [1.29, 1.82) is 0 Å². The lowest BCUT2D eigenvalue weighted by molar-refractivity contribution is 0.615. The lowest BCUT2D eigenvalue weighted by atomic mass is 9.99. The molecule has 0 fully saturated rings. The first-order valence-corrected chi connectivity index (χ1v) is 7.43. The van der Waals surface area contributed by atoms with Crippen molar-refractivity contribution in [1.82, 2.24) is 0 Å². The molecule has 2 aromatic rings. The third-order valence-electron chi connectivity index (χ3n) is 3.67. The number of benzene rings is 2. The SMILES string of the molecule is CCN(c1cccc(F)c1)C(CN)c1ccc(Cl)cc1C. The van der Waals surface area contributed by atoms with Gasteiger partial charge in [0.15, 0.2) is 0 Å². The van der Waals surface area contributed by atoms with Gasteiger partial charge in [-0.3, -0.25) is 0 Å². The molecule has 1 atom stereocenters. The minimum absolute atomic E-state index is 0.00549. The maximum Gasteiger partial charge on any atom is 0.125 e. The molecule has 21 heavy (non-hydrogen) atoms. The fourth-order valence-corrected chi connectivity index (χ4v) is 2.90. The molecule has 2 N–H and O–H groups in total. The average molecular weight is 307 g/mol. The highest BCUT2D eigenvalue weighted by atomic mass is 35.5. The molecule has 0 saturated carbocycles. The van der Waals surface area contributed by atoms with Gasteiger partial charge in [-0.2, -0.15) is 0 Å². The first-order valence-electron chi connectivity index (χ1n) is 7.05. The molecule has 1 unspecified atom stereocenters. The predicted molar refractivity (Wildman–Crippen MR) is 87.4 cm³/mol. The number of nitrogens with zero attached hydrogens (tertiary/aromatic N) is 1. The van der Waals surface area contributed by atoms with E-state index in [2.05, 4.69) is 4.90 Å². The van der Waals surface area contributed by atoms with Crippen LogP contribution in [-0.4, -0.2) is 13.1 Å². The summed E-state index contributed by atoms with van der Waals surface area (Å²) in [6.07, 6.45) is 0. The summed E-state index contributed by atoms with van der Waals surface area (Å²) < 4.78 is 13.5. The summed E-state index contributed by atoms with van der Waals surface area (Å²) in [6, 6.07) is 12.4. The quantitative estimate of drug-likeness (QED) is 0.891. The Morgan fingerprint density at radius 1 is 1.24 bits per heavy atom. The molecule has 0 bridgehead atoms. The van der Waals surface area contributed by atoms with E-state index in [1.165, 1.54) is 12.1 Å². The number of rotatable bonds is 5. The molecule has 0 aliphatic heterocycles. The van der Waals surface area contributed by atoms with E-state index in [1.54, 1.807) is 6.07 Å². The summed E-state index contributed by atoms with van der Waals surface area (Å²) in [5.74, 6) is -0.241. The maximum absolute atomic E-state index is 13.5. The first-order chi connectivity index (χ1) is 10.1. The van der Waals surface area contributed by atoms with E-state index < -0.39 is 0 Å². The largest absolute Gasteiger partial charge is 0.363 e. The van der Waals surface area contributed by atoms with Crippen molar-refractivity contribution in [3.8, 4) is 0 Å². The van der Waals surface area contributed by atoms with E-state index in [9.17, 15) is 4.39 Å². The summed E-state index contributed by atoms with van der Waals surface area (Å²) in [5, 5.41) is 0.709. The van der Waals surface area contributed by atoms with E-state index in [-0.39, 0.29) is 11.9 Å². The molecule has 0 radical (unpaired) electrons. The molecule has 0 spiro atoms. The number of halogens is 2. The van der Waals surface area contributed by atoms with Gasteiger partial charge < -0.3 is 10.6 Å². The molecular formula is C17H20ClFN2. The van der Waals surface area contributed by atoms with Crippen LogP contribution in [0, 0.1) is 12.7 Å². The van der Waals surface area contributed by atoms with Gasteiger partial charge in [0, 0.05) is 23.8 Å². The van der Waals surface area contributed by atoms with Gasteiger partial charge in [-0.25, -0.2) is 4.39 Å². The number of likely N-dealkylation sites (N-methyl/N-ethyl adjacent to an activating group) is 1. The van der Waals surface area contributed by atoms with Gasteiger partial charge >= 0.3 is 0 Å². The fourth-order valence-electron chi connectivity index (χ4n) is 2.67. The minimum atomic E-state index is -0.241. The topological polar surface area (TPSA) is 29.3 Å². The normalized spacial score (nSPS) is 12.2. The fraction of sp³-hybridized carbons (Fsp3) is 0.294. The van der Waals surface area contributed by atoms with Crippen molar-refractivity contribution in [3.63, 3.8) is 0 Å². The molecule has 0 aromatic heterocycles. The van der Waals surface area contributed by atoms with Crippen molar-refractivity contribution in [3.05, 3.63) is 64.4 Å². The molecule has 0 amide bonds. The number of nitrogens with two attached hydrogens (primary N) is 1. The Hall–Kier alpha value is -1.58. The number of anilines is 1. The third kappa shape index (κ3) is 3.55. The molecule has 2 nitrogen and oxygen atoms in total. The number of hydrogen-bond donors (Lipinski definition) is 1. The Kier molecular flexibility index (Phi) is 5.21. The molecule has 0 heterocycles. The van der Waals surface area contributed by atoms with Crippen molar-refractivity contribution in [2.75, 3.05) is 18.0 Å². The van der Waals surface area contributed by atoms with Crippen LogP contribution in [0.15, 0.2) is 42.5 Å². The Labute approximate surface area is 130 Å². The number of hydrogen-bond acceptors (Lipinski definition) is 2. The van der Waals surface area contributed by atoms with Crippen molar-refractivity contribution < 1.29 is 4.39 Å². The monoisotopic (exact) mass is 306 g/mol. The molecule has 4 heteroatoms. The Bertz CT molecular complexity index is 615. The molecule has 2 aromatic carbocycles. The standard InChI is InChI=1S/C17H20ClFN2/c1-3-21(15-6-4-5-14(19)10-15)17(11-20)16-8-7-13(18)9-12(16)2/h4-10,17H,3,11,20H2,1-2H3. The molecular weight excluding hydrogens is 287 g/mol. The second kappa shape index (κ2) is 6.92. The van der Waals surface area contributed by atoms with Gasteiger partial charge in [0.25, 0.3) is 0 Å². The number of aryl methyl sites for hydroxylation is 1. The molecule has 112 valence electrons. The van der Waals surface area contributed by atoms with Crippen LogP contribution >= 0.6 is 11.6 Å². The lowest BCUT2D eigenvalue weighted by Gasteiger charge is -2.33. The van der Waals surface area contributed by atoms with Crippen LogP contribution in [-0.2, 0) is 0 Å². The highest BCUT2D eigenvalue weighted by Gasteiger charge is 2.20. The average Bonchev–Trinajstić information content (AvgIpc) is 2.45. The second-order valence-corrected chi connectivity index (χ2v) is 5.45. The Morgan fingerprint density at radius 2 is 2.00 bits per heavy atom. The van der Waals surface area contributed by atoms with Gasteiger partial charge in [-0.15, -0.1) is 0 Å². The smallest absolute Gasteiger partial charge is 0.125 e. The Balaban J connectivity index is 2.42. The van der Waals surface area contributed by atoms with E-state index in [0.29, 0.717) is 11.6 Å². The predicted octanol–water partition coefficient (Wildman–Crippen LogP) is 4.31. The zero-order valence-electron chi connectivity index (χ0n) is 12.3. The summed E-state index contributed by atoms with van der Waals surface area (Å²) in [6.45, 7) is 5.25. The van der Waals surface area contributed by atoms with Crippen molar-refractivity contribution in [2.24, 2.45) is 5.73 Å². The van der Waals surface area contributed by atoms with Gasteiger partial charge in [0.1, 0.15) is 5.82 Å². The van der Waals surface area contributed by atoms with E-state index in [4.69, 9.17) is 17.3 Å². The van der Waals surface area contributed by atoms with Crippen LogP contribution in [0.25, 0.3) is 0 Å². The highest BCUT2D eigenvalue weighted by molar-refractivity contribution is 6.30. The van der Waals surface area contributed by atoms with E-state index in [0.717, 1.165) is 23.4 Å². The zero-order chi connectivity index (χ0) is 15.4. The summed E-state index contributed by atoms with van der Waals surface area (Å²) in [4.78, 5) is 2.11. The Morgan fingerprint density at radius 3 is 2.57 bits per heavy atom. The molecule has 2 rings (SSSR count). The van der Waals surface area contributed by atoms with Gasteiger partial charge in [0.05, 0.1) is 6.04 Å². The summed E-state index contributed by atoms with van der Waals surface area (Å²) >= 11 is 6.02. The first kappa shape index (κ1) is 15.8. The van der Waals surface area contributed by atoms with Crippen LogP contribution in [0.4, 0.5) is 10.1 Å². The van der Waals surface area contributed by atoms with E-state index in [1.807, 2.05) is 38.1 Å². The van der Waals surface area contributed by atoms with Crippen LogP contribution in [0.1, 0.15) is 24.1 Å². The van der Waals surface area contributed by atoms with E-state index >= 15 is 0 Å². The van der Waals surface area contributed by atoms with Crippen LogP contribution < -0.4 is 10.6 Å². The molecule has 0 saturated heterocycles. The molecule has 0 aliphatic carbocycles. The van der Waals surface area contributed by atoms with Crippen LogP contribution in [0.2, 0.25) is 5.02 Å². The van der Waals surface area contributed by atoms with Gasteiger partial charge in [-0.05, 0) is 55.3 Å².